The lowest BCUT2D eigenvalue weighted by molar-refractivity contribution is -0.142. The molecule has 2 aromatic carbocycles. The summed E-state index contributed by atoms with van der Waals surface area (Å²) in [5, 5.41) is 2.93. The van der Waals surface area contributed by atoms with E-state index in [-0.39, 0.29) is 18.4 Å². The van der Waals surface area contributed by atoms with Crippen LogP contribution in [0.15, 0.2) is 54.6 Å². The number of piperidine rings is 1. The molecule has 2 aliphatic rings. The summed E-state index contributed by atoms with van der Waals surface area (Å²) in [6, 6.07) is 16.9. The first kappa shape index (κ1) is 19.3. The van der Waals surface area contributed by atoms with Gasteiger partial charge in [0.1, 0.15) is 6.61 Å². The monoisotopic (exact) mass is 394 g/mol. The maximum atomic E-state index is 12.8. The van der Waals surface area contributed by atoms with E-state index in [1.807, 2.05) is 59.5 Å². The molecule has 0 aliphatic carbocycles. The Balaban J connectivity index is 1.20. The number of likely N-dealkylation sites (tertiary alicyclic amines) is 1. The van der Waals surface area contributed by atoms with Gasteiger partial charge in [-0.25, -0.2) is 0 Å². The van der Waals surface area contributed by atoms with E-state index in [1.165, 1.54) is 0 Å². The molecular weight excluding hydrogens is 368 g/mol. The highest BCUT2D eigenvalue weighted by Crippen LogP contribution is 2.32. The van der Waals surface area contributed by atoms with Gasteiger partial charge >= 0.3 is 0 Å². The highest BCUT2D eigenvalue weighted by molar-refractivity contribution is 5.90. The van der Waals surface area contributed by atoms with E-state index in [0.29, 0.717) is 36.9 Å². The fraction of sp³-hybridized carbons (Fsp3) is 0.391. The largest absolute Gasteiger partial charge is 0.485 e. The molecule has 1 saturated heterocycles. The van der Waals surface area contributed by atoms with Crippen molar-refractivity contribution < 1.29 is 19.1 Å². The van der Waals surface area contributed by atoms with Crippen molar-refractivity contribution in [3.05, 3.63) is 54.6 Å². The fourth-order valence-electron chi connectivity index (χ4n) is 3.87. The molecule has 29 heavy (non-hydrogen) atoms. The minimum atomic E-state index is -0.585. The number of amides is 2. The molecule has 2 heterocycles. The van der Waals surface area contributed by atoms with Gasteiger partial charge in [0, 0.05) is 25.2 Å². The summed E-state index contributed by atoms with van der Waals surface area (Å²) in [6.45, 7) is 1.64. The number of fused-ring (bicyclic) bond motifs is 1. The number of hydrogen-bond donors (Lipinski definition) is 1. The van der Waals surface area contributed by atoms with Crippen LogP contribution in [-0.4, -0.2) is 42.5 Å². The summed E-state index contributed by atoms with van der Waals surface area (Å²) in [7, 11) is 0. The molecule has 0 aromatic heterocycles. The number of nitrogens with one attached hydrogen (secondary N) is 1. The first-order valence-corrected chi connectivity index (χ1v) is 10.2. The van der Waals surface area contributed by atoms with Crippen molar-refractivity contribution in [2.75, 3.05) is 25.0 Å². The predicted octanol–water partition coefficient (Wildman–Crippen LogP) is 3.48. The van der Waals surface area contributed by atoms with Gasteiger partial charge in [-0.1, -0.05) is 30.3 Å². The molecule has 1 fully saturated rings. The lowest BCUT2D eigenvalue weighted by Gasteiger charge is -2.35. The van der Waals surface area contributed by atoms with Crippen LogP contribution in [0.25, 0.3) is 0 Å². The number of ether oxygens (including phenoxy) is 2. The van der Waals surface area contributed by atoms with Gasteiger partial charge in [-0.15, -0.1) is 0 Å². The molecule has 1 N–H and O–H groups in total. The van der Waals surface area contributed by atoms with E-state index in [9.17, 15) is 9.59 Å². The predicted molar refractivity (Wildman–Crippen MR) is 110 cm³/mol. The van der Waals surface area contributed by atoms with E-state index in [0.717, 1.165) is 24.9 Å². The van der Waals surface area contributed by atoms with E-state index in [2.05, 4.69) is 5.32 Å². The van der Waals surface area contributed by atoms with E-state index in [4.69, 9.17) is 9.47 Å². The molecular formula is C23H26N2O4. The smallest absolute Gasteiger partial charge is 0.267 e. The summed E-state index contributed by atoms with van der Waals surface area (Å²) in [4.78, 5) is 26.8. The Hall–Kier alpha value is -3.02. The van der Waals surface area contributed by atoms with Crippen LogP contribution in [0, 0.1) is 5.92 Å². The minimum Gasteiger partial charge on any atom is -0.485 e. The molecule has 4 rings (SSSR count). The Labute approximate surface area is 170 Å². The Morgan fingerprint density at radius 1 is 0.966 bits per heavy atom. The summed E-state index contributed by atoms with van der Waals surface area (Å²) in [5.41, 5.74) is 0.828. The molecule has 2 amide bonds. The number of benzene rings is 2. The molecule has 0 saturated carbocycles. The number of nitrogens with zero attached hydrogens (tertiary/aromatic N) is 1. The SMILES string of the molecule is O=C(CCC1CCN(C(=O)[C@@H]2COc3ccccc3O2)CC1)Nc1ccccc1. The standard InChI is InChI=1S/C23H26N2O4/c26-22(24-18-6-2-1-3-7-18)11-10-17-12-14-25(15-13-17)23(27)21-16-28-19-8-4-5-9-20(19)29-21/h1-9,17,21H,10-16H2,(H,24,26)/t21-/m0/s1. The van der Waals surface area contributed by atoms with E-state index >= 15 is 0 Å². The Morgan fingerprint density at radius 3 is 2.41 bits per heavy atom. The third-order valence-electron chi connectivity index (χ3n) is 5.55. The molecule has 0 radical (unpaired) electrons. The van der Waals surface area contributed by atoms with Crippen molar-refractivity contribution in [2.24, 2.45) is 5.92 Å². The van der Waals surface area contributed by atoms with Crippen LogP contribution < -0.4 is 14.8 Å². The zero-order valence-electron chi connectivity index (χ0n) is 16.4. The topological polar surface area (TPSA) is 67.9 Å². The average molecular weight is 394 g/mol. The second-order valence-electron chi connectivity index (χ2n) is 7.59. The Morgan fingerprint density at radius 2 is 1.66 bits per heavy atom. The minimum absolute atomic E-state index is 0.0141. The summed E-state index contributed by atoms with van der Waals surface area (Å²) >= 11 is 0. The lowest BCUT2D eigenvalue weighted by atomic mass is 9.92. The molecule has 2 aromatic rings. The van der Waals surface area contributed by atoms with Crippen molar-refractivity contribution in [3.63, 3.8) is 0 Å². The number of hydrogen-bond acceptors (Lipinski definition) is 4. The molecule has 0 spiro atoms. The molecule has 152 valence electrons. The van der Waals surface area contributed by atoms with Gasteiger partial charge in [-0.2, -0.15) is 0 Å². The summed E-state index contributed by atoms with van der Waals surface area (Å²) in [6.07, 6.45) is 2.59. The molecule has 1 atom stereocenters. The first-order chi connectivity index (χ1) is 14.2. The number of para-hydroxylation sites is 3. The van der Waals surface area contributed by atoms with Crippen LogP contribution in [0.5, 0.6) is 11.5 Å². The quantitative estimate of drug-likeness (QED) is 0.843. The van der Waals surface area contributed by atoms with Crippen LogP contribution >= 0.6 is 0 Å². The van der Waals surface area contributed by atoms with Crippen LogP contribution in [0.3, 0.4) is 0 Å². The Kier molecular flexibility index (Phi) is 5.98. The lowest BCUT2D eigenvalue weighted by Crippen LogP contribution is -2.49. The highest BCUT2D eigenvalue weighted by atomic mass is 16.6. The fourth-order valence-corrected chi connectivity index (χ4v) is 3.87. The number of carbonyl (C=O) groups excluding carboxylic acids is 2. The van der Waals surface area contributed by atoms with Crippen LogP contribution in [0.1, 0.15) is 25.7 Å². The van der Waals surface area contributed by atoms with Crippen LogP contribution in [0.2, 0.25) is 0 Å². The average Bonchev–Trinajstić information content (AvgIpc) is 2.78. The van der Waals surface area contributed by atoms with Crippen molar-refractivity contribution in [3.8, 4) is 11.5 Å². The molecule has 6 heteroatoms. The van der Waals surface area contributed by atoms with Crippen molar-refractivity contribution in [2.45, 2.75) is 31.8 Å². The maximum Gasteiger partial charge on any atom is 0.267 e. The zero-order valence-corrected chi connectivity index (χ0v) is 16.4. The molecule has 2 aliphatic heterocycles. The van der Waals surface area contributed by atoms with Crippen molar-refractivity contribution in [1.82, 2.24) is 4.90 Å². The molecule has 0 unspecified atom stereocenters. The first-order valence-electron chi connectivity index (χ1n) is 10.2. The summed E-state index contributed by atoms with van der Waals surface area (Å²) in [5.74, 6) is 1.80. The second kappa shape index (κ2) is 8.99. The van der Waals surface area contributed by atoms with Crippen LogP contribution in [0.4, 0.5) is 5.69 Å². The Bertz CT molecular complexity index is 847. The van der Waals surface area contributed by atoms with Crippen molar-refractivity contribution >= 4 is 17.5 Å². The second-order valence-corrected chi connectivity index (χ2v) is 7.59. The highest BCUT2D eigenvalue weighted by Gasteiger charge is 2.33. The molecule has 6 nitrogen and oxygen atoms in total. The maximum absolute atomic E-state index is 12.8. The third kappa shape index (κ3) is 4.88. The van der Waals surface area contributed by atoms with E-state index in [1.54, 1.807) is 0 Å². The van der Waals surface area contributed by atoms with Gasteiger partial charge in [0.2, 0.25) is 12.0 Å². The normalized spacial score (nSPS) is 18.9. The van der Waals surface area contributed by atoms with Gasteiger partial charge in [-0.05, 0) is 49.4 Å². The van der Waals surface area contributed by atoms with Gasteiger partial charge < -0.3 is 19.7 Å². The van der Waals surface area contributed by atoms with Gasteiger partial charge in [-0.3, -0.25) is 9.59 Å². The summed E-state index contributed by atoms with van der Waals surface area (Å²) < 4.78 is 11.5. The van der Waals surface area contributed by atoms with E-state index < -0.39 is 6.10 Å². The van der Waals surface area contributed by atoms with Crippen LogP contribution in [-0.2, 0) is 9.59 Å². The van der Waals surface area contributed by atoms with Crippen molar-refractivity contribution in [1.29, 1.82) is 0 Å². The third-order valence-corrected chi connectivity index (χ3v) is 5.55. The van der Waals surface area contributed by atoms with Gasteiger partial charge in [0.25, 0.3) is 5.91 Å². The number of carbonyl (C=O) groups is 2. The van der Waals surface area contributed by atoms with Gasteiger partial charge in [0.05, 0.1) is 0 Å². The molecule has 0 bridgehead atoms. The van der Waals surface area contributed by atoms with Gasteiger partial charge in [0.15, 0.2) is 11.5 Å². The zero-order chi connectivity index (χ0) is 20.1. The number of rotatable bonds is 5. The number of anilines is 1.